The number of halogens is 1. The fraction of sp³-hybridized carbons (Fsp3) is 0.222. The molecule has 0 aliphatic heterocycles. The zero-order valence-corrected chi connectivity index (χ0v) is 14.1. The van der Waals surface area contributed by atoms with E-state index in [1.165, 1.54) is 4.90 Å². The Morgan fingerprint density at radius 3 is 2.58 bits per heavy atom. The van der Waals surface area contributed by atoms with E-state index >= 15 is 0 Å². The summed E-state index contributed by atoms with van der Waals surface area (Å²) in [5.74, 6) is 0.231. The van der Waals surface area contributed by atoms with Crippen molar-refractivity contribution in [2.45, 2.75) is 0 Å². The van der Waals surface area contributed by atoms with Gasteiger partial charge in [0, 0.05) is 17.6 Å². The van der Waals surface area contributed by atoms with Gasteiger partial charge in [0.15, 0.2) is 0 Å². The Hall–Kier alpha value is -2.53. The second kappa shape index (κ2) is 8.93. The summed E-state index contributed by atoms with van der Waals surface area (Å²) < 4.78 is 5.54. The van der Waals surface area contributed by atoms with Gasteiger partial charge < -0.3 is 15.0 Å². The molecule has 126 valence electrons. The van der Waals surface area contributed by atoms with Gasteiger partial charge in [-0.1, -0.05) is 35.9 Å². The maximum atomic E-state index is 12.0. The molecule has 0 radical (unpaired) electrons. The Balaban J connectivity index is 1.72. The molecule has 1 N–H and O–H groups in total. The average Bonchev–Trinajstić information content (AvgIpc) is 2.60. The van der Waals surface area contributed by atoms with Crippen molar-refractivity contribution in [1.29, 1.82) is 0 Å². The Labute approximate surface area is 146 Å². The molecule has 2 rings (SSSR count). The number of nitrogens with one attached hydrogen (secondary N) is 1. The lowest BCUT2D eigenvalue weighted by Gasteiger charge is -2.17. The van der Waals surface area contributed by atoms with Gasteiger partial charge in [-0.15, -0.1) is 0 Å². The number of hydrogen-bond acceptors (Lipinski definition) is 3. The van der Waals surface area contributed by atoms with E-state index in [0.29, 0.717) is 23.7 Å². The van der Waals surface area contributed by atoms with Gasteiger partial charge in [0.25, 0.3) is 5.91 Å². The number of nitrogens with zero attached hydrogens (tertiary/aromatic N) is 1. The number of ether oxygens (including phenoxy) is 1. The van der Waals surface area contributed by atoms with E-state index in [4.69, 9.17) is 16.3 Å². The minimum Gasteiger partial charge on any atom is -0.492 e. The number of carbonyl (C=O) groups is 2. The molecular weight excluding hydrogens is 328 g/mol. The van der Waals surface area contributed by atoms with E-state index in [9.17, 15) is 9.59 Å². The maximum Gasteiger partial charge on any atom is 0.251 e. The third-order valence-corrected chi connectivity index (χ3v) is 3.59. The van der Waals surface area contributed by atoms with Crippen LogP contribution in [0.15, 0.2) is 54.6 Å². The minimum atomic E-state index is -0.334. The number of para-hydroxylation sites is 1. The molecular formula is C18H19ClN2O3. The first-order valence-electron chi connectivity index (χ1n) is 7.52. The summed E-state index contributed by atoms with van der Waals surface area (Å²) in [7, 11) is 1.67. The Bertz CT molecular complexity index is 692. The smallest absolute Gasteiger partial charge is 0.251 e. The molecule has 5 nitrogen and oxygen atoms in total. The summed E-state index contributed by atoms with van der Waals surface area (Å²) in [6.07, 6.45) is 0. The monoisotopic (exact) mass is 346 g/mol. The van der Waals surface area contributed by atoms with Crippen molar-refractivity contribution >= 4 is 23.4 Å². The highest BCUT2D eigenvalue weighted by Gasteiger charge is 2.12. The molecule has 0 spiro atoms. The van der Waals surface area contributed by atoms with E-state index in [0.717, 1.165) is 5.75 Å². The Morgan fingerprint density at radius 1 is 1.12 bits per heavy atom. The fourth-order valence-corrected chi connectivity index (χ4v) is 2.15. The van der Waals surface area contributed by atoms with Crippen molar-refractivity contribution in [3.8, 4) is 5.75 Å². The van der Waals surface area contributed by atoms with Gasteiger partial charge in [-0.25, -0.2) is 0 Å². The maximum absolute atomic E-state index is 12.0. The van der Waals surface area contributed by atoms with Gasteiger partial charge in [0.05, 0.1) is 13.1 Å². The largest absolute Gasteiger partial charge is 0.492 e. The van der Waals surface area contributed by atoms with Gasteiger partial charge >= 0.3 is 0 Å². The highest BCUT2D eigenvalue weighted by atomic mass is 35.5. The third-order valence-electron chi connectivity index (χ3n) is 3.35. The Kier molecular flexibility index (Phi) is 6.63. The van der Waals surface area contributed by atoms with Crippen LogP contribution in [0.5, 0.6) is 5.75 Å². The normalized spacial score (nSPS) is 10.1. The Morgan fingerprint density at radius 2 is 1.88 bits per heavy atom. The summed E-state index contributed by atoms with van der Waals surface area (Å²) in [6, 6.07) is 16.0. The lowest BCUT2D eigenvalue weighted by Crippen LogP contribution is -2.39. The summed E-state index contributed by atoms with van der Waals surface area (Å²) in [4.78, 5) is 25.5. The summed E-state index contributed by atoms with van der Waals surface area (Å²) in [5.41, 5.74) is 0.422. The number of amides is 2. The first-order chi connectivity index (χ1) is 11.6. The molecule has 0 heterocycles. The zero-order chi connectivity index (χ0) is 17.4. The lowest BCUT2D eigenvalue weighted by atomic mass is 10.2. The molecule has 2 amide bonds. The number of carbonyl (C=O) groups excluding carboxylic acids is 2. The molecule has 2 aromatic rings. The SMILES string of the molecule is CN(CCOc1ccccc1)C(=O)CNC(=O)c1cccc(Cl)c1. The number of rotatable bonds is 7. The molecule has 0 saturated carbocycles. The number of benzene rings is 2. The molecule has 0 fully saturated rings. The van der Waals surface area contributed by atoms with Crippen molar-refractivity contribution < 1.29 is 14.3 Å². The van der Waals surface area contributed by atoms with Crippen LogP contribution in [0.2, 0.25) is 5.02 Å². The van der Waals surface area contributed by atoms with E-state index in [-0.39, 0.29) is 18.4 Å². The van der Waals surface area contributed by atoms with Crippen LogP contribution in [-0.4, -0.2) is 43.5 Å². The average molecular weight is 347 g/mol. The molecule has 24 heavy (non-hydrogen) atoms. The van der Waals surface area contributed by atoms with Gasteiger partial charge in [-0.05, 0) is 30.3 Å². The minimum absolute atomic E-state index is 0.0762. The van der Waals surface area contributed by atoms with Crippen LogP contribution in [0.25, 0.3) is 0 Å². The molecule has 0 aliphatic carbocycles. The first kappa shape index (κ1) is 17.8. The van der Waals surface area contributed by atoms with Crippen LogP contribution in [0.3, 0.4) is 0 Å². The number of hydrogen-bond donors (Lipinski definition) is 1. The molecule has 0 saturated heterocycles. The van der Waals surface area contributed by atoms with Crippen LogP contribution in [-0.2, 0) is 4.79 Å². The van der Waals surface area contributed by atoms with Gasteiger partial charge in [-0.2, -0.15) is 0 Å². The standard InChI is InChI=1S/C18H19ClN2O3/c1-21(10-11-24-16-8-3-2-4-9-16)17(22)13-20-18(23)14-6-5-7-15(19)12-14/h2-9,12H,10-11,13H2,1H3,(H,20,23). The topological polar surface area (TPSA) is 58.6 Å². The molecule has 0 bridgehead atoms. The third kappa shape index (κ3) is 5.59. The fourth-order valence-electron chi connectivity index (χ4n) is 1.96. The second-order valence-corrected chi connectivity index (χ2v) is 5.61. The van der Waals surface area contributed by atoms with Gasteiger partial charge in [0.1, 0.15) is 12.4 Å². The summed E-state index contributed by atoms with van der Waals surface area (Å²) in [6.45, 7) is 0.739. The highest BCUT2D eigenvalue weighted by molar-refractivity contribution is 6.30. The molecule has 0 aliphatic rings. The highest BCUT2D eigenvalue weighted by Crippen LogP contribution is 2.10. The number of likely N-dealkylation sites (N-methyl/N-ethyl adjacent to an activating group) is 1. The van der Waals surface area contributed by atoms with Crippen molar-refractivity contribution in [3.05, 3.63) is 65.2 Å². The van der Waals surface area contributed by atoms with Crippen LogP contribution in [0, 0.1) is 0 Å². The molecule has 0 aromatic heterocycles. The molecule has 6 heteroatoms. The van der Waals surface area contributed by atoms with E-state index in [1.807, 2.05) is 30.3 Å². The summed E-state index contributed by atoms with van der Waals surface area (Å²) in [5, 5.41) is 3.06. The van der Waals surface area contributed by atoms with E-state index < -0.39 is 0 Å². The predicted octanol–water partition coefficient (Wildman–Crippen LogP) is 2.61. The van der Waals surface area contributed by atoms with E-state index in [1.54, 1.807) is 31.3 Å². The van der Waals surface area contributed by atoms with Crippen molar-refractivity contribution in [2.24, 2.45) is 0 Å². The molecule has 0 unspecified atom stereocenters. The van der Waals surface area contributed by atoms with Crippen molar-refractivity contribution in [1.82, 2.24) is 10.2 Å². The zero-order valence-electron chi connectivity index (χ0n) is 13.4. The predicted molar refractivity (Wildman–Crippen MR) is 93.4 cm³/mol. The lowest BCUT2D eigenvalue weighted by molar-refractivity contribution is -0.129. The summed E-state index contributed by atoms with van der Waals surface area (Å²) >= 11 is 5.84. The van der Waals surface area contributed by atoms with E-state index in [2.05, 4.69) is 5.32 Å². The van der Waals surface area contributed by atoms with Crippen LogP contribution < -0.4 is 10.1 Å². The quantitative estimate of drug-likeness (QED) is 0.838. The van der Waals surface area contributed by atoms with Crippen LogP contribution in [0.4, 0.5) is 0 Å². The first-order valence-corrected chi connectivity index (χ1v) is 7.89. The molecule has 2 aromatic carbocycles. The van der Waals surface area contributed by atoms with Gasteiger partial charge in [0.2, 0.25) is 5.91 Å². The van der Waals surface area contributed by atoms with Crippen LogP contribution in [0.1, 0.15) is 10.4 Å². The second-order valence-electron chi connectivity index (χ2n) is 5.17. The van der Waals surface area contributed by atoms with Crippen LogP contribution >= 0.6 is 11.6 Å². The van der Waals surface area contributed by atoms with Crippen molar-refractivity contribution in [3.63, 3.8) is 0 Å². The molecule has 0 atom stereocenters. The van der Waals surface area contributed by atoms with Gasteiger partial charge in [-0.3, -0.25) is 9.59 Å². The van der Waals surface area contributed by atoms with Crippen molar-refractivity contribution in [2.75, 3.05) is 26.7 Å².